The van der Waals surface area contributed by atoms with E-state index < -0.39 is 0 Å². The highest BCUT2D eigenvalue weighted by molar-refractivity contribution is 5.81. The normalized spacial score (nSPS) is 22.2. The molecule has 1 saturated carbocycles. The second-order valence-corrected chi connectivity index (χ2v) is 6.24. The average molecular weight is 285 g/mol. The molecule has 0 aliphatic heterocycles. The van der Waals surface area contributed by atoms with E-state index in [9.17, 15) is 0 Å². The fourth-order valence-corrected chi connectivity index (χ4v) is 3.72. The zero-order valence-electron chi connectivity index (χ0n) is 13.3. The molecule has 1 aliphatic carbocycles. The molecular weight excluding hydrogens is 258 g/mol. The Bertz CT molecular complexity index is 587. The van der Waals surface area contributed by atoms with Crippen molar-refractivity contribution in [2.75, 3.05) is 6.54 Å². The number of fused-ring (bicyclic) bond motifs is 1. The van der Waals surface area contributed by atoms with Crippen LogP contribution in [0.5, 0.6) is 0 Å². The standard InChI is InChI=1S/C18H27N3/c1-3-12-19-16-10-7-8-14(16)13-17-15-9-5-6-11-18(15)21(4-2)20-17/h5-6,9,11,14,16,19H,3-4,7-8,10,12-13H2,1-2H3. The number of aryl methyl sites for hydroxylation is 1. The van der Waals surface area contributed by atoms with Crippen LogP contribution in [-0.2, 0) is 13.0 Å². The van der Waals surface area contributed by atoms with Gasteiger partial charge in [-0.25, -0.2) is 0 Å². The second kappa shape index (κ2) is 6.61. The van der Waals surface area contributed by atoms with Crippen molar-refractivity contribution in [3.63, 3.8) is 0 Å². The Morgan fingerprint density at radius 1 is 1.24 bits per heavy atom. The zero-order chi connectivity index (χ0) is 14.7. The molecule has 1 N–H and O–H groups in total. The summed E-state index contributed by atoms with van der Waals surface area (Å²) >= 11 is 0. The number of nitrogens with zero attached hydrogens (tertiary/aromatic N) is 2. The van der Waals surface area contributed by atoms with E-state index in [0.717, 1.165) is 25.4 Å². The molecule has 2 atom stereocenters. The Hall–Kier alpha value is -1.35. The monoisotopic (exact) mass is 285 g/mol. The Morgan fingerprint density at radius 3 is 2.90 bits per heavy atom. The van der Waals surface area contributed by atoms with Gasteiger partial charge in [-0.1, -0.05) is 31.5 Å². The molecule has 114 valence electrons. The van der Waals surface area contributed by atoms with Crippen LogP contribution in [0.15, 0.2) is 24.3 Å². The molecule has 0 amide bonds. The van der Waals surface area contributed by atoms with Crippen LogP contribution in [0.1, 0.15) is 45.2 Å². The molecule has 1 heterocycles. The summed E-state index contributed by atoms with van der Waals surface area (Å²) in [6.07, 6.45) is 6.37. The predicted molar refractivity (Wildman–Crippen MR) is 88.5 cm³/mol. The molecule has 0 spiro atoms. The predicted octanol–water partition coefficient (Wildman–Crippen LogP) is 3.77. The lowest BCUT2D eigenvalue weighted by Crippen LogP contribution is -2.33. The van der Waals surface area contributed by atoms with Crippen molar-refractivity contribution >= 4 is 10.9 Å². The lowest BCUT2D eigenvalue weighted by Gasteiger charge is -2.20. The molecule has 1 aromatic carbocycles. The van der Waals surface area contributed by atoms with Crippen molar-refractivity contribution < 1.29 is 0 Å². The summed E-state index contributed by atoms with van der Waals surface area (Å²) in [5, 5.41) is 9.96. The maximum Gasteiger partial charge on any atom is 0.0706 e. The first-order valence-electron chi connectivity index (χ1n) is 8.51. The van der Waals surface area contributed by atoms with Gasteiger partial charge in [0.25, 0.3) is 0 Å². The van der Waals surface area contributed by atoms with Gasteiger partial charge in [-0.3, -0.25) is 4.68 Å². The van der Waals surface area contributed by atoms with Crippen molar-refractivity contribution in [2.45, 2.75) is 58.5 Å². The highest BCUT2D eigenvalue weighted by Gasteiger charge is 2.28. The van der Waals surface area contributed by atoms with Gasteiger partial charge in [0.15, 0.2) is 0 Å². The smallest absolute Gasteiger partial charge is 0.0706 e. The van der Waals surface area contributed by atoms with Crippen LogP contribution in [0.3, 0.4) is 0 Å². The minimum Gasteiger partial charge on any atom is -0.314 e. The molecule has 1 aliphatic rings. The fourth-order valence-electron chi connectivity index (χ4n) is 3.72. The van der Waals surface area contributed by atoms with Crippen molar-refractivity contribution in [2.24, 2.45) is 5.92 Å². The molecule has 21 heavy (non-hydrogen) atoms. The number of para-hydroxylation sites is 1. The Labute approximate surface area is 127 Å². The van der Waals surface area contributed by atoms with Crippen LogP contribution in [0, 0.1) is 5.92 Å². The molecular formula is C18H27N3. The summed E-state index contributed by atoms with van der Waals surface area (Å²) in [7, 11) is 0. The number of rotatable bonds is 6. The largest absolute Gasteiger partial charge is 0.314 e. The van der Waals surface area contributed by atoms with Crippen LogP contribution in [-0.4, -0.2) is 22.4 Å². The van der Waals surface area contributed by atoms with Crippen molar-refractivity contribution in [3.05, 3.63) is 30.0 Å². The zero-order valence-corrected chi connectivity index (χ0v) is 13.3. The van der Waals surface area contributed by atoms with Crippen LogP contribution in [0.25, 0.3) is 10.9 Å². The minimum absolute atomic E-state index is 0.690. The topological polar surface area (TPSA) is 29.9 Å². The molecule has 2 aromatic rings. The van der Waals surface area contributed by atoms with Gasteiger partial charge in [-0.15, -0.1) is 0 Å². The van der Waals surface area contributed by atoms with E-state index in [-0.39, 0.29) is 0 Å². The molecule has 1 fully saturated rings. The number of hydrogen-bond acceptors (Lipinski definition) is 2. The first-order chi connectivity index (χ1) is 10.3. The molecule has 3 rings (SSSR count). The molecule has 1 aromatic heterocycles. The minimum atomic E-state index is 0.690. The number of aromatic nitrogens is 2. The summed E-state index contributed by atoms with van der Waals surface area (Å²) in [6, 6.07) is 9.36. The quantitative estimate of drug-likeness (QED) is 0.875. The van der Waals surface area contributed by atoms with Gasteiger partial charge in [0.1, 0.15) is 0 Å². The third-order valence-electron chi connectivity index (χ3n) is 4.81. The third-order valence-corrected chi connectivity index (χ3v) is 4.81. The highest BCUT2D eigenvalue weighted by Crippen LogP contribution is 2.30. The van der Waals surface area contributed by atoms with Crippen molar-refractivity contribution in [1.29, 1.82) is 0 Å². The fraction of sp³-hybridized carbons (Fsp3) is 0.611. The van der Waals surface area contributed by atoms with Gasteiger partial charge in [-0.05, 0) is 51.1 Å². The maximum atomic E-state index is 4.87. The summed E-state index contributed by atoms with van der Waals surface area (Å²) in [5.41, 5.74) is 2.58. The van der Waals surface area contributed by atoms with E-state index in [4.69, 9.17) is 5.10 Å². The summed E-state index contributed by atoms with van der Waals surface area (Å²) in [6.45, 7) is 6.51. The lowest BCUT2D eigenvalue weighted by atomic mass is 9.96. The van der Waals surface area contributed by atoms with Gasteiger partial charge in [0.2, 0.25) is 0 Å². The van der Waals surface area contributed by atoms with Gasteiger partial charge in [-0.2, -0.15) is 5.10 Å². The lowest BCUT2D eigenvalue weighted by molar-refractivity contribution is 0.395. The van der Waals surface area contributed by atoms with E-state index in [2.05, 4.69) is 48.1 Å². The van der Waals surface area contributed by atoms with Crippen LogP contribution in [0.4, 0.5) is 0 Å². The molecule has 0 radical (unpaired) electrons. The second-order valence-electron chi connectivity index (χ2n) is 6.24. The first-order valence-corrected chi connectivity index (χ1v) is 8.51. The average Bonchev–Trinajstić information content (AvgIpc) is 3.10. The summed E-state index contributed by atoms with van der Waals surface area (Å²) < 4.78 is 2.15. The van der Waals surface area contributed by atoms with E-state index in [1.165, 1.54) is 42.3 Å². The molecule has 0 bridgehead atoms. The number of hydrogen-bond donors (Lipinski definition) is 1. The molecule has 2 unspecified atom stereocenters. The first kappa shape index (κ1) is 14.6. The Morgan fingerprint density at radius 2 is 2.10 bits per heavy atom. The van der Waals surface area contributed by atoms with E-state index >= 15 is 0 Å². The maximum absolute atomic E-state index is 4.87. The molecule has 3 heteroatoms. The van der Waals surface area contributed by atoms with Crippen LogP contribution < -0.4 is 5.32 Å². The molecule has 3 nitrogen and oxygen atoms in total. The Kier molecular flexibility index (Phi) is 4.59. The van der Waals surface area contributed by atoms with E-state index in [1.807, 2.05) is 0 Å². The number of nitrogens with one attached hydrogen (secondary N) is 1. The van der Waals surface area contributed by atoms with Gasteiger partial charge >= 0.3 is 0 Å². The Balaban J connectivity index is 1.81. The third kappa shape index (κ3) is 2.98. The van der Waals surface area contributed by atoms with Crippen LogP contribution in [0.2, 0.25) is 0 Å². The SMILES string of the molecule is CCCNC1CCCC1Cc1nn(CC)c2ccccc12. The van der Waals surface area contributed by atoms with E-state index in [0.29, 0.717) is 6.04 Å². The molecule has 0 saturated heterocycles. The highest BCUT2D eigenvalue weighted by atomic mass is 15.3. The van der Waals surface area contributed by atoms with E-state index in [1.54, 1.807) is 0 Å². The summed E-state index contributed by atoms with van der Waals surface area (Å²) in [5.74, 6) is 0.750. The van der Waals surface area contributed by atoms with Crippen molar-refractivity contribution in [3.8, 4) is 0 Å². The summed E-state index contributed by atoms with van der Waals surface area (Å²) in [4.78, 5) is 0. The van der Waals surface area contributed by atoms with Crippen LogP contribution >= 0.6 is 0 Å². The van der Waals surface area contributed by atoms with Gasteiger partial charge in [0, 0.05) is 18.0 Å². The van der Waals surface area contributed by atoms with Gasteiger partial charge < -0.3 is 5.32 Å². The van der Waals surface area contributed by atoms with Crippen molar-refractivity contribution in [1.82, 2.24) is 15.1 Å². The number of benzene rings is 1. The van der Waals surface area contributed by atoms with Gasteiger partial charge in [0.05, 0.1) is 11.2 Å².